The molecule has 2 aliphatic heterocycles. The van der Waals surface area contributed by atoms with Gasteiger partial charge in [0.15, 0.2) is 0 Å². The van der Waals surface area contributed by atoms with Crippen LogP contribution in [-0.2, 0) is 23.0 Å². The van der Waals surface area contributed by atoms with E-state index in [1.807, 2.05) is 18.3 Å². The quantitative estimate of drug-likeness (QED) is 0.484. The molecule has 2 aromatic rings. The Kier molecular flexibility index (Phi) is 6.87. The second-order valence-electron chi connectivity index (χ2n) is 8.89. The second-order valence-corrected chi connectivity index (χ2v) is 10.9. The summed E-state index contributed by atoms with van der Waals surface area (Å²) >= 11 is 0. The summed E-state index contributed by atoms with van der Waals surface area (Å²) in [5, 5.41) is 0. The Labute approximate surface area is 187 Å². The maximum atomic E-state index is 11.8. The molecule has 4 rings (SSSR count). The molecule has 0 N–H and O–H groups in total. The fourth-order valence-electron chi connectivity index (χ4n) is 4.54. The highest BCUT2D eigenvalue weighted by Crippen LogP contribution is 2.27. The predicted octanol–water partition coefficient (Wildman–Crippen LogP) is 1.73. The van der Waals surface area contributed by atoms with Gasteiger partial charge in [-0.25, -0.2) is 13.4 Å². The van der Waals surface area contributed by atoms with Gasteiger partial charge in [-0.2, -0.15) is 4.31 Å². The zero-order chi connectivity index (χ0) is 21.8. The van der Waals surface area contributed by atoms with Crippen LogP contribution in [0, 0.1) is 5.92 Å². The fraction of sp³-hybridized carbons (Fsp3) is 0.522. The third kappa shape index (κ3) is 5.80. The Hall–Kier alpha value is -2.06. The van der Waals surface area contributed by atoms with Crippen LogP contribution in [0.5, 0.6) is 5.75 Å². The molecule has 2 aliphatic rings. The van der Waals surface area contributed by atoms with Crippen molar-refractivity contribution in [3.05, 3.63) is 47.7 Å². The van der Waals surface area contributed by atoms with Crippen molar-refractivity contribution in [2.45, 2.75) is 38.6 Å². The van der Waals surface area contributed by atoms with Crippen LogP contribution in [0.1, 0.15) is 36.8 Å². The lowest BCUT2D eigenvalue weighted by Crippen LogP contribution is -2.35. The maximum Gasteiger partial charge on any atom is 0.211 e. The Morgan fingerprint density at radius 2 is 1.94 bits per heavy atom. The summed E-state index contributed by atoms with van der Waals surface area (Å²) in [6, 6.07) is 10.3. The largest absolute Gasteiger partial charge is 0.494 e. The van der Waals surface area contributed by atoms with Crippen molar-refractivity contribution in [1.29, 1.82) is 0 Å². The Balaban J connectivity index is 1.18. The predicted molar refractivity (Wildman–Crippen MR) is 127 cm³/mol. The molecule has 0 atom stereocenters. The van der Waals surface area contributed by atoms with Gasteiger partial charge in [0, 0.05) is 32.4 Å². The molecule has 0 radical (unpaired) electrons. The molecular weight excluding hydrogens is 409 g/mol. The van der Waals surface area contributed by atoms with E-state index in [1.54, 1.807) is 0 Å². The van der Waals surface area contributed by atoms with Crippen molar-refractivity contribution in [3.8, 4) is 5.75 Å². The first-order valence-electron chi connectivity index (χ1n) is 11.3. The van der Waals surface area contributed by atoms with Crippen LogP contribution in [0.3, 0.4) is 0 Å². The first kappa shape index (κ1) is 22.2. The van der Waals surface area contributed by atoms with Crippen molar-refractivity contribution < 1.29 is 13.2 Å². The van der Waals surface area contributed by atoms with Crippen molar-refractivity contribution in [1.82, 2.24) is 9.29 Å². The molecule has 31 heavy (non-hydrogen) atoms. The van der Waals surface area contributed by atoms with Crippen LogP contribution < -0.4 is 15.1 Å². The summed E-state index contributed by atoms with van der Waals surface area (Å²) in [7, 11) is -1.06. The number of sulfonamides is 1. The number of piperidine rings is 1. The molecule has 0 spiro atoms. The van der Waals surface area contributed by atoms with Crippen LogP contribution in [-0.4, -0.2) is 58.1 Å². The molecule has 1 saturated heterocycles. The highest BCUT2D eigenvalue weighted by molar-refractivity contribution is 7.88. The van der Waals surface area contributed by atoms with Gasteiger partial charge in [0.25, 0.3) is 0 Å². The zero-order valence-corrected chi connectivity index (χ0v) is 19.4. The maximum absolute atomic E-state index is 11.8. The average molecular weight is 441 g/mol. The van der Waals surface area contributed by atoms with Gasteiger partial charge >= 0.3 is 0 Å². The molecule has 1 fully saturated rings. The average Bonchev–Trinajstić information content (AvgIpc) is 2.77. The third-order valence-electron chi connectivity index (χ3n) is 6.48. The molecule has 3 heterocycles. The van der Waals surface area contributed by atoms with E-state index in [2.05, 4.69) is 35.9 Å². The van der Waals surface area contributed by atoms with E-state index in [0.717, 1.165) is 55.6 Å². The summed E-state index contributed by atoms with van der Waals surface area (Å²) in [6.45, 7) is 3.90. The van der Waals surface area contributed by atoms with E-state index >= 15 is 0 Å². The molecular formula is C23H32BN3O3S. The fourth-order valence-corrected chi connectivity index (χ4v) is 5.33. The van der Waals surface area contributed by atoms with Crippen LogP contribution in [0.2, 0.25) is 0 Å². The topological polar surface area (TPSA) is 62.7 Å². The summed E-state index contributed by atoms with van der Waals surface area (Å²) in [4.78, 5) is 6.95. The Bertz CT molecular complexity index is 990. The number of aromatic nitrogens is 1. The molecule has 1 aromatic heterocycles. The normalized spacial score (nSPS) is 18.0. The molecule has 0 saturated carbocycles. The van der Waals surface area contributed by atoms with Crippen LogP contribution in [0.4, 0.5) is 5.82 Å². The van der Waals surface area contributed by atoms with Crippen molar-refractivity contribution in [2.75, 3.05) is 37.4 Å². The van der Waals surface area contributed by atoms with E-state index in [-0.39, 0.29) is 0 Å². The first-order valence-corrected chi connectivity index (χ1v) is 13.1. The molecule has 1 aromatic carbocycles. The van der Waals surface area contributed by atoms with Gasteiger partial charge in [-0.05, 0) is 67.3 Å². The monoisotopic (exact) mass is 441 g/mol. The molecule has 0 bridgehead atoms. The molecule has 166 valence electrons. The molecule has 0 amide bonds. The zero-order valence-electron chi connectivity index (χ0n) is 18.6. The van der Waals surface area contributed by atoms with Gasteiger partial charge in [0.1, 0.15) is 19.4 Å². The summed E-state index contributed by atoms with van der Waals surface area (Å²) < 4.78 is 31.1. The number of pyridine rings is 1. The van der Waals surface area contributed by atoms with E-state index in [9.17, 15) is 8.42 Å². The van der Waals surface area contributed by atoms with Gasteiger partial charge in [0.05, 0.1) is 12.9 Å². The second kappa shape index (κ2) is 9.61. The highest BCUT2D eigenvalue weighted by atomic mass is 32.2. The van der Waals surface area contributed by atoms with E-state index < -0.39 is 10.0 Å². The van der Waals surface area contributed by atoms with Crippen molar-refractivity contribution >= 4 is 29.2 Å². The number of nitrogens with zero attached hydrogens (tertiary/aromatic N) is 3. The van der Waals surface area contributed by atoms with E-state index in [1.165, 1.54) is 40.8 Å². The number of ether oxygens (including phenoxy) is 1. The number of anilines is 1. The smallest absolute Gasteiger partial charge is 0.211 e. The Morgan fingerprint density at radius 1 is 1.13 bits per heavy atom. The van der Waals surface area contributed by atoms with Crippen LogP contribution in [0.25, 0.3) is 0 Å². The molecule has 6 nitrogen and oxygen atoms in total. The Morgan fingerprint density at radius 3 is 2.65 bits per heavy atom. The van der Waals surface area contributed by atoms with Gasteiger partial charge in [0.2, 0.25) is 10.0 Å². The lowest BCUT2D eigenvalue weighted by molar-refractivity contribution is 0.278. The van der Waals surface area contributed by atoms with Gasteiger partial charge in [-0.3, -0.25) is 0 Å². The number of hydrogen-bond donors (Lipinski definition) is 0. The van der Waals surface area contributed by atoms with Gasteiger partial charge < -0.3 is 9.64 Å². The van der Waals surface area contributed by atoms with E-state index in [4.69, 9.17) is 4.74 Å². The number of hydrogen-bond acceptors (Lipinski definition) is 5. The third-order valence-corrected chi connectivity index (χ3v) is 7.73. The van der Waals surface area contributed by atoms with Gasteiger partial charge in [-0.15, -0.1) is 0 Å². The van der Waals surface area contributed by atoms with Crippen LogP contribution >= 0.6 is 0 Å². The summed E-state index contributed by atoms with van der Waals surface area (Å²) in [5.74, 6) is 2.75. The molecule has 0 unspecified atom stereocenters. The van der Waals surface area contributed by atoms with Crippen molar-refractivity contribution in [3.63, 3.8) is 0 Å². The standard InChI is InChI=1S/C23H32BN3O3S/c1-31(28,29)27-13-10-19-15-22(6-4-20(19)17-27)30-14-2-3-18-8-11-26(12-9-18)23-7-5-21(24)16-25-23/h4-7,15-16,18H,2-3,8-14,17,24H2,1H3. The summed E-state index contributed by atoms with van der Waals surface area (Å²) in [6.07, 6.45) is 8.65. The lowest BCUT2D eigenvalue weighted by atomic mass is 9.92. The lowest BCUT2D eigenvalue weighted by Gasteiger charge is -2.33. The first-order chi connectivity index (χ1) is 14.9. The van der Waals surface area contributed by atoms with Gasteiger partial charge in [-0.1, -0.05) is 17.6 Å². The van der Waals surface area contributed by atoms with E-state index in [0.29, 0.717) is 13.1 Å². The van der Waals surface area contributed by atoms with Crippen molar-refractivity contribution in [2.24, 2.45) is 5.92 Å². The molecule has 8 heteroatoms. The number of benzene rings is 1. The molecule has 0 aliphatic carbocycles. The summed E-state index contributed by atoms with van der Waals surface area (Å²) in [5.41, 5.74) is 3.49. The minimum absolute atomic E-state index is 0.464. The van der Waals surface area contributed by atoms with Crippen LogP contribution in [0.15, 0.2) is 36.5 Å². The highest BCUT2D eigenvalue weighted by Gasteiger charge is 2.23. The number of rotatable bonds is 7. The minimum Gasteiger partial charge on any atom is -0.494 e. The number of fused-ring (bicyclic) bond motifs is 1. The minimum atomic E-state index is -3.13. The SMILES string of the molecule is Bc1ccc(N2CCC(CCCOc3ccc4c(c3)CCN(S(C)(=O)=O)C4)CC2)nc1.